The van der Waals surface area contributed by atoms with Crippen molar-refractivity contribution in [2.45, 2.75) is 6.92 Å². The number of nitrogens with one attached hydrogen (secondary N) is 1. The molecule has 4 nitrogen and oxygen atoms in total. The van der Waals surface area contributed by atoms with E-state index in [4.69, 9.17) is 11.6 Å². The summed E-state index contributed by atoms with van der Waals surface area (Å²) >= 11 is 6.17. The van der Waals surface area contributed by atoms with E-state index in [0.717, 1.165) is 22.4 Å². The van der Waals surface area contributed by atoms with Gasteiger partial charge in [-0.3, -0.25) is 9.48 Å². The van der Waals surface area contributed by atoms with Crippen LogP contribution >= 0.6 is 11.6 Å². The second-order valence-corrected chi connectivity index (χ2v) is 6.29. The van der Waals surface area contributed by atoms with E-state index in [1.807, 2.05) is 61.5 Å². The Morgan fingerprint density at radius 2 is 1.81 bits per heavy atom. The van der Waals surface area contributed by atoms with E-state index in [-0.39, 0.29) is 5.91 Å². The SMILES string of the molecule is Cc1nn(C)c(Cl)c1/C=C/C(=O)Nc1cccc(C#Cc2ccccc2)c1. The Balaban J connectivity index is 1.70. The minimum atomic E-state index is -0.248. The van der Waals surface area contributed by atoms with Gasteiger partial charge in [0.2, 0.25) is 5.91 Å². The van der Waals surface area contributed by atoms with Crippen molar-refractivity contribution >= 4 is 29.3 Å². The minimum Gasteiger partial charge on any atom is -0.322 e. The number of hydrogen-bond donors (Lipinski definition) is 1. The van der Waals surface area contributed by atoms with E-state index in [1.165, 1.54) is 6.08 Å². The Labute approximate surface area is 163 Å². The fraction of sp³-hybridized carbons (Fsp3) is 0.0909. The Morgan fingerprint density at radius 3 is 2.52 bits per heavy atom. The average molecular weight is 376 g/mol. The molecular formula is C22H18ClN3O. The summed E-state index contributed by atoms with van der Waals surface area (Å²) in [6.07, 6.45) is 3.11. The molecular weight excluding hydrogens is 358 g/mol. The molecule has 0 saturated carbocycles. The van der Waals surface area contributed by atoms with Crippen molar-refractivity contribution in [2.75, 3.05) is 5.32 Å². The number of carbonyl (C=O) groups excluding carboxylic acids is 1. The number of amides is 1. The molecule has 3 aromatic rings. The molecule has 0 saturated heterocycles. The number of hydrogen-bond acceptors (Lipinski definition) is 2. The fourth-order valence-corrected chi connectivity index (χ4v) is 2.76. The number of aromatic nitrogens is 2. The molecule has 1 amide bonds. The van der Waals surface area contributed by atoms with Crippen LogP contribution in [0.15, 0.2) is 60.7 Å². The summed E-state index contributed by atoms with van der Waals surface area (Å²) in [5, 5.41) is 7.54. The highest BCUT2D eigenvalue weighted by molar-refractivity contribution is 6.31. The molecule has 1 aromatic heterocycles. The zero-order chi connectivity index (χ0) is 19.2. The lowest BCUT2D eigenvalue weighted by Crippen LogP contribution is -2.07. The van der Waals surface area contributed by atoms with Crippen molar-refractivity contribution in [1.29, 1.82) is 0 Å². The van der Waals surface area contributed by atoms with Gasteiger partial charge in [0.05, 0.1) is 5.69 Å². The molecule has 0 unspecified atom stereocenters. The van der Waals surface area contributed by atoms with Crippen LogP contribution in [0.1, 0.15) is 22.4 Å². The number of benzene rings is 2. The van der Waals surface area contributed by atoms with Crippen LogP contribution in [0.4, 0.5) is 5.69 Å². The summed E-state index contributed by atoms with van der Waals surface area (Å²) in [6, 6.07) is 17.2. The van der Waals surface area contributed by atoms with Crippen LogP contribution in [-0.4, -0.2) is 15.7 Å². The first-order valence-electron chi connectivity index (χ1n) is 8.38. The smallest absolute Gasteiger partial charge is 0.248 e. The van der Waals surface area contributed by atoms with Crippen LogP contribution in [0.2, 0.25) is 5.15 Å². The normalized spacial score (nSPS) is 10.5. The summed E-state index contributed by atoms with van der Waals surface area (Å²) in [6.45, 7) is 1.85. The summed E-state index contributed by atoms with van der Waals surface area (Å²) in [7, 11) is 1.76. The molecule has 0 bridgehead atoms. The molecule has 0 aliphatic rings. The lowest BCUT2D eigenvalue weighted by molar-refractivity contribution is -0.111. The number of aryl methyl sites for hydroxylation is 2. The average Bonchev–Trinajstić information content (AvgIpc) is 2.91. The van der Waals surface area contributed by atoms with Gasteiger partial charge in [0.15, 0.2) is 0 Å². The summed E-state index contributed by atoms with van der Waals surface area (Å²) in [5.74, 6) is 5.96. The van der Waals surface area contributed by atoms with Gasteiger partial charge in [-0.15, -0.1) is 0 Å². The Morgan fingerprint density at radius 1 is 1.11 bits per heavy atom. The largest absolute Gasteiger partial charge is 0.322 e. The van der Waals surface area contributed by atoms with Crippen molar-refractivity contribution in [3.8, 4) is 11.8 Å². The zero-order valence-electron chi connectivity index (χ0n) is 15.0. The molecule has 1 N–H and O–H groups in total. The Bertz CT molecular complexity index is 1060. The molecule has 134 valence electrons. The van der Waals surface area contributed by atoms with E-state index < -0.39 is 0 Å². The summed E-state index contributed by atoms with van der Waals surface area (Å²) in [5.41, 5.74) is 3.95. The van der Waals surface area contributed by atoms with Crippen molar-refractivity contribution in [2.24, 2.45) is 7.05 Å². The third kappa shape index (κ3) is 4.87. The lowest BCUT2D eigenvalue weighted by atomic mass is 10.1. The molecule has 27 heavy (non-hydrogen) atoms. The topological polar surface area (TPSA) is 46.9 Å². The summed E-state index contributed by atoms with van der Waals surface area (Å²) in [4.78, 5) is 12.2. The van der Waals surface area contributed by atoms with Crippen LogP contribution in [0.25, 0.3) is 6.08 Å². The monoisotopic (exact) mass is 375 g/mol. The molecule has 0 fully saturated rings. The molecule has 0 radical (unpaired) electrons. The van der Waals surface area contributed by atoms with Crippen molar-refractivity contribution in [3.05, 3.63) is 88.2 Å². The highest BCUT2D eigenvalue weighted by atomic mass is 35.5. The molecule has 0 aliphatic carbocycles. The second-order valence-electron chi connectivity index (χ2n) is 5.93. The van der Waals surface area contributed by atoms with E-state index >= 15 is 0 Å². The fourth-order valence-electron chi connectivity index (χ4n) is 2.52. The number of carbonyl (C=O) groups is 1. The van der Waals surface area contributed by atoms with Gasteiger partial charge in [-0.25, -0.2) is 0 Å². The van der Waals surface area contributed by atoms with E-state index in [2.05, 4.69) is 22.3 Å². The van der Waals surface area contributed by atoms with Gasteiger partial charge in [-0.05, 0) is 43.3 Å². The van der Waals surface area contributed by atoms with Crippen molar-refractivity contribution < 1.29 is 4.79 Å². The third-order valence-electron chi connectivity index (χ3n) is 3.85. The van der Waals surface area contributed by atoms with Gasteiger partial charge in [-0.2, -0.15) is 5.10 Å². The zero-order valence-corrected chi connectivity index (χ0v) is 15.8. The number of halogens is 1. The predicted molar refractivity (Wildman–Crippen MR) is 109 cm³/mol. The maximum atomic E-state index is 12.2. The Kier molecular flexibility index (Phi) is 5.75. The first kappa shape index (κ1) is 18.5. The molecule has 5 heteroatoms. The van der Waals surface area contributed by atoms with Crippen LogP contribution in [-0.2, 0) is 11.8 Å². The van der Waals surface area contributed by atoms with Gasteiger partial charge in [0.1, 0.15) is 5.15 Å². The standard InChI is InChI=1S/C22H18ClN3O/c1-16-20(22(23)26(2)25-16)13-14-21(27)24-19-10-6-9-18(15-19)12-11-17-7-4-3-5-8-17/h3-10,13-15H,1-2H3,(H,24,27)/b14-13+. The quantitative estimate of drug-likeness (QED) is 0.543. The maximum Gasteiger partial charge on any atom is 0.248 e. The van der Waals surface area contributed by atoms with Gasteiger partial charge >= 0.3 is 0 Å². The highest BCUT2D eigenvalue weighted by Gasteiger charge is 2.08. The Hall–Kier alpha value is -3.29. The molecule has 0 spiro atoms. The van der Waals surface area contributed by atoms with Crippen LogP contribution in [0.3, 0.4) is 0 Å². The van der Waals surface area contributed by atoms with Gasteiger partial charge in [-0.1, -0.05) is 47.7 Å². The molecule has 1 heterocycles. The van der Waals surface area contributed by atoms with Crippen LogP contribution < -0.4 is 5.32 Å². The van der Waals surface area contributed by atoms with Crippen LogP contribution in [0.5, 0.6) is 0 Å². The van der Waals surface area contributed by atoms with Crippen molar-refractivity contribution in [1.82, 2.24) is 9.78 Å². The highest BCUT2D eigenvalue weighted by Crippen LogP contribution is 2.20. The van der Waals surface area contributed by atoms with Gasteiger partial charge in [0.25, 0.3) is 0 Å². The number of nitrogens with zero attached hydrogens (tertiary/aromatic N) is 2. The second kappa shape index (κ2) is 8.39. The maximum absolute atomic E-state index is 12.2. The first-order valence-corrected chi connectivity index (χ1v) is 8.76. The predicted octanol–water partition coefficient (Wildman–Crippen LogP) is 4.43. The van der Waals surface area contributed by atoms with Gasteiger partial charge in [0, 0.05) is 35.5 Å². The minimum absolute atomic E-state index is 0.248. The van der Waals surface area contributed by atoms with E-state index in [9.17, 15) is 4.79 Å². The molecule has 2 aromatic carbocycles. The van der Waals surface area contributed by atoms with Crippen LogP contribution in [0, 0.1) is 18.8 Å². The molecule has 0 aliphatic heterocycles. The van der Waals surface area contributed by atoms with E-state index in [0.29, 0.717) is 10.8 Å². The molecule has 3 rings (SSSR count). The summed E-state index contributed by atoms with van der Waals surface area (Å²) < 4.78 is 1.57. The third-order valence-corrected chi connectivity index (χ3v) is 4.30. The first-order chi connectivity index (χ1) is 13.0. The number of anilines is 1. The van der Waals surface area contributed by atoms with E-state index in [1.54, 1.807) is 17.8 Å². The molecule has 0 atom stereocenters. The lowest BCUT2D eigenvalue weighted by Gasteiger charge is -2.02. The van der Waals surface area contributed by atoms with Crippen molar-refractivity contribution in [3.63, 3.8) is 0 Å². The van der Waals surface area contributed by atoms with Gasteiger partial charge < -0.3 is 5.32 Å². The number of rotatable bonds is 3.